The summed E-state index contributed by atoms with van der Waals surface area (Å²) in [7, 11) is 0. The van der Waals surface area contributed by atoms with Crippen molar-refractivity contribution in [1.29, 1.82) is 0 Å². The summed E-state index contributed by atoms with van der Waals surface area (Å²) >= 11 is 3.62. The molecule has 0 radical (unpaired) electrons. The van der Waals surface area contributed by atoms with Crippen LogP contribution < -0.4 is 0 Å². The third kappa shape index (κ3) is 4.20. The lowest BCUT2D eigenvalue weighted by molar-refractivity contribution is 1.02. The number of nitrogens with zero attached hydrogens (tertiary/aromatic N) is 3. The van der Waals surface area contributed by atoms with Gasteiger partial charge in [0.1, 0.15) is 4.83 Å². The molecule has 246 valence electrons. The zero-order valence-corrected chi connectivity index (χ0v) is 29.9. The molecule has 0 amide bonds. The maximum absolute atomic E-state index is 5.57. The van der Waals surface area contributed by atoms with Gasteiger partial charge in [-0.15, -0.1) is 22.7 Å². The molecule has 0 unspecified atom stereocenters. The summed E-state index contributed by atoms with van der Waals surface area (Å²) in [4.78, 5) is 12.0. The fraction of sp³-hybridized carbons (Fsp3) is 0. The molecule has 4 heterocycles. The smallest absolute Gasteiger partial charge is 0.236 e. The molecule has 0 spiro atoms. The van der Waals surface area contributed by atoms with E-state index >= 15 is 0 Å². The first-order valence-electron chi connectivity index (χ1n) is 17.8. The monoisotopic (exact) mass is 709 g/mol. The molecule has 8 aromatic carbocycles. The van der Waals surface area contributed by atoms with Gasteiger partial charge in [0.15, 0.2) is 0 Å². The number of hydrogen-bond donors (Lipinski definition) is 0. The first-order chi connectivity index (χ1) is 26.3. The highest BCUT2D eigenvalue weighted by Crippen LogP contribution is 2.48. The Morgan fingerprint density at radius 3 is 1.83 bits per heavy atom. The number of benzene rings is 8. The largest absolute Gasteiger partial charge is 0.277 e. The normalized spacial score (nSPS) is 12.2. The van der Waals surface area contributed by atoms with Gasteiger partial charge in [-0.25, -0.2) is 9.97 Å². The molecule has 12 aromatic rings. The van der Waals surface area contributed by atoms with Crippen LogP contribution in [0.25, 0.3) is 112 Å². The van der Waals surface area contributed by atoms with Crippen molar-refractivity contribution in [2.24, 2.45) is 0 Å². The summed E-state index contributed by atoms with van der Waals surface area (Å²) in [5.41, 5.74) is 6.67. The van der Waals surface area contributed by atoms with E-state index < -0.39 is 0 Å². The Morgan fingerprint density at radius 2 is 1.02 bits per heavy atom. The standard InChI is InChI=1S/C48H27N3S2/c1-2-12-31-27-32(26-23-28(31)11-1)29-21-24-30(25-22-29)44-42-37-17-7-10-20-40(37)53-47(42)50-48(49-44)51-38-18-8-5-15-35(38)43-45(51)34-14-4-3-13-33(34)41-36-16-6-9-19-39(36)52-46(41)43/h1-27H. The zero-order chi connectivity index (χ0) is 34.6. The van der Waals surface area contributed by atoms with Crippen molar-refractivity contribution >= 4 is 106 Å². The molecule has 4 aromatic heterocycles. The highest BCUT2D eigenvalue weighted by molar-refractivity contribution is 7.27. The van der Waals surface area contributed by atoms with Crippen LogP contribution in [0.5, 0.6) is 0 Å². The van der Waals surface area contributed by atoms with Crippen LogP contribution in [0.3, 0.4) is 0 Å². The van der Waals surface area contributed by atoms with Crippen LogP contribution in [-0.4, -0.2) is 14.5 Å². The summed E-state index contributed by atoms with van der Waals surface area (Å²) in [5.74, 6) is 0.689. The second-order valence-corrected chi connectivity index (χ2v) is 15.8. The molecule has 0 aliphatic heterocycles. The van der Waals surface area contributed by atoms with Gasteiger partial charge in [0, 0.05) is 57.4 Å². The fourth-order valence-electron chi connectivity index (χ4n) is 8.44. The van der Waals surface area contributed by atoms with Crippen LogP contribution in [0.4, 0.5) is 0 Å². The highest BCUT2D eigenvalue weighted by atomic mass is 32.1. The average Bonchev–Trinajstić information content (AvgIpc) is 3.90. The van der Waals surface area contributed by atoms with E-state index in [1.54, 1.807) is 11.3 Å². The van der Waals surface area contributed by atoms with Crippen LogP contribution in [0.2, 0.25) is 0 Å². The van der Waals surface area contributed by atoms with E-state index in [0.29, 0.717) is 5.95 Å². The SMILES string of the molecule is c1ccc2cc(-c3ccc(-c4nc(-n5c6ccccc6c6c7sc8ccccc8c7c7ccccc7c65)nc5sc6ccccc6c45)cc3)ccc2c1. The van der Waals surface area contributed by atoms with Gasteiger partial charge in [-0.2, -0.15) is 0 Å². The Morgan fingerprint density at radius 1 is 0.415 bits per heavy atom. The second-order valence-electron chi connectivity index (χ2n) is 13.7. The predicted molar refractivity (Wildman–Crippen MR) is 228 cm³/mol. The van der Waals surface area contributed by atoms with E-state index in [2.05, 4.69) is 168 Å². The Bertz CT molecular complexity index is 3460. The molecule has 5 heteroatoms. The summed E-state index contributed by atoms with van der Waals surface area (Å²) in [6.45, 7) is 0. The van der Waals surface area contributed by atoms with E-state index in [0.717, 1.165) is 32.5 Å². The van der Waals surface area contributed by atoms with E-state index in [1.807, 2.05) is 11.3 Å². The van der Waals surface area contributed by atoms with Gasteiger partial charge >= 0.3 is 0 Å². The van der Waals surface area contributed by atoms with Crippen LogP contribution in [0.15, 0.2) is 164 Å². The lowest BCUT2D eigenvalue weighted by atomic mass is 9.99. The third-order valence-corrected chi connectivity index (χ3v) is 13.1. The van der Waals surface area contributed by atoms with E-state index in [-0.39, 0.29) is 0 Å². The quantitative estimate of drug-likeness (QED) is 0.183. The molecular weight excluding hydrogens is 683 g/mol. The van der Waals surface area contributed by atoms with Gasteiger partial charge in [0.2, 0.25) is 5.95 Å². The molecule has 0 saturated heterocycles. The maximum atomic E-state index is 5.57. The number of thiophene rings is 2. The molecule has 0 saturated carbocycles. The minimum absolute atomic E-state index is 0.689. The lowest BCUT2D eigenvalue weighted by Gasteiger charge is -2.12. The van der Waals surface area contributed by atoms with E-state index in [4.69, 9.17) is 9.97 Å². The third-order valence-electron chi connectivity index (χ3n) is 10.8. The fourth-order valence-corrected chi connectivity index (χ4v) is 10.8. The van der Waals surface area contributed by atoms with Crippen molar-refractivity contribution < 1.29 is 0 Å². The topological polar surface area (TPSA) is 30.7 Å². The van der Waals surface area contributed by atoms with E-state index in [1.165, 1.54) is 73.7 Å². The van der Waals surface area contributed by atoms with Crippen LogP contribution in [-0.2, 0) is 0 Å². The number of fused-ring (bicyclic) bond motifs is 14. The minimum Gasteiger partial charge on any atom is -0.277 e. The van der Waals surface area contributed by atoms with Crippen molar-refractivity contribution in [2.75, 3.05) is 0 Å². The van der Waals surface area contributed by atoms with Crippen molar-refractivity contribution in [3.8, 4) is 28.3 Å². The summed E-state index contributed by atoms with van der Waals surface area (Å²) < 4.78 is 6.15. The van der Waals surface area contributed by atoms with Gasteiger partial charge in [0.25, 0.3) is 0 Å². The van der Waals surface area contributed by atoms with Gasteiger partial charge in [0.05, 0.1) is 16.7 Å². The molecule has 0 fully saturated rings. The Hall–Kier alpha value is -6.40. The highest BCUT2D eigenvalue weighted by Gasteiger charge is 2.24. The van der Waals surface area contributed by atoms with Gasteiger partial charge in [-0.3, -0.25) is 4.57 Å². The average molecular weight is 710 g/mol. The number of rotatable bonds is 3. The molecule has 0 N–H and O–H groups in total. The minimum atomic E-state index is 0.689. The Kier molecular flexibility index (Phi) is 6.09. The van der Waals surface area contributed by atoms with E-state index in [9.17, 15) is 0 Å². The van der Waals surface area contributed by atoms with Crippen molar-refractivity contribution in [2.45, 2.75) is 0 Å². The summed E-state index contributed by atoms with van der Waals surface area (Å²) in [6, 6.07) is 59.2. The number of para-hydroxylation sites is 1. The number of hydrogen-bond acceptors (Lipinski definition) is 4. The summed E-state index contributed by atoms with van der Waals surface area (Å²) in [6.07, 6.45) is 0. The van der Waals surface area contributed by atoms with Gasteiger partial charge in [-0.05, 0) is 51.6 Å². The Balaban J connectivity index is 1.16. The van der Waals surface area contributed by atoms with Crippen LogP contribution in [0, 0.1) is 0 Å². The van der Waals surface area contributed by atoms with Crippen molar-refractivity contribution in [3.05, 3.63) is 164 Å². The summed E-state index contributed by atoms with van der Waals surface area (Å²) in [5, 5.41) is 12.3. The lowest BCUT2D eigenvalue weighted by Crippen LogP contribution is -2.03. The molecular formula is C48H27N3S2. The van der Waals surface area contributed by atoms with Gasteiger partial charge < -0.3 is 0 Å². The zero-order valence-electron chi connectivity index (χ0n) is 28.2. The molecule has 53 heavy (non-hydrogen) atoms. The molecule has 0 aliphatic rings. The van der Waals surface area contributed by atoms with Crippen LogP contribution >= 0.6 is 22.7 Å². The molecule has 12 rings (SSSR count). The van der Waals surface area contributed by atoms with Crippen LogP contribution in [0.1, 0.15) is 0 Å². The molecule has 3 nitrogen and oxygen atoms in total. The van der Waals surface area contributed by atoms with Gasteiger partial charge in [-0.1, -0.05) is 140 Å². The molecule has 0 atom stereocenters. The van der Waals surface area contributed by atoms with Crippen molar-refractivity contribution in [3.63, 3.8) is 0 Å². The van der Waals surface area contributed by atoms with Crippen molar-refractivity contribution in [1.82, 2.24) is 14.5 Å². The predicted octanol–water partition coefficient (Wildman–Crippen LogP) is 13.9. The second kappa shape index (κ2) is 11.1. The first kappa shape index (κ1) is 29.2. The maximum Gasteiger partial charge on any atom is 0.236 e. The first-order valence-corrected chi connectivity index (χ1v) is 19.5. The molecule has 0 bridgehead atoms. The number of aromatic nitrogens is 3. The Labute approximate surface area is 311 Å². The molecule has 0 aliphatic carbocycles.